The number of hydrogen-bond donors (Lipinski definition) is 1. The molecule has 1 amide bonds. The highest BCUT2D eigenvalue weighted by atomic mass is 32.1. The van der Waals surface area contributed by atoms with Gasteiger partial charge < -0.3 is 15.4 Å². The minimum absolute atomic E-state index is 0.0650. The fourth-order valence-corrected chi connectivity index (χ4v) is 3.43. The summed E-state index contributed by atoms with van der Waals surface area (Å²) in [5, 5.41) is 2.98. The molecule has 2 N–H and O–H groups in total. The summed E-state index contributed by atoms with van der Waals surface area (Å²) >= 11 is 1.61. The molecule has 5 heteroatoms. The van der Waals surface area contributed by atoms with Crippen LogP contribution in [0.2, 0.25) is 0 Å². The van der Waals surface area contributed by atoms with Crippen molar-refractivity contribution in [3.05, 3.63) is 35.2 Å². The van der Waals surface area contributed by atoms with E-state index in [0.29, 0.717) is 19.7 Å². The zero-order valence-corrected chi connectivity index (χ0v) is 12.2. The summed E-state index contributed by atoms with van der Waals surface area (Å²) in [6.07, 6.45) is -0.0717. The molecular formula is C15H18N2O2S. The van der Waals surface area contributed by atoms with Crippen LogP contribution in [0, 0.1) is 0 Å². The van der Waals surface area contributed by atoms with Crippen LogP contribution in [0.1, 0.15) is 17.3 Å². The Morgan fingerprint density at radius 1 is 1.50 bits per heavy atom. The monoisotopic (exact) mass is 290 g/mol. The lowest BCUT2D eigenvalue weighted by molar-refractivity contribution is -0.0299. The number of ether oxygens (including phenoxy) is 1. The van der Waals surface area contributed by atoms with Crippen molar-refractivity contribution in [2.45, 2.75) is 19.1 Å². The second-order valence-corrected chi connectivity index (χ2v) is 6.08. The van der Waals surface area contributed by atoms with Gasteiger partial charge in [0.15, 0.2) is 0 Å². The SMILES string of the molecule is CC(N)C1CN(C(=O)c2csc3ccccc23)CCO1. The van der Waals surface area contributed by atoms with E-state index >= 15 is 0 Å². The van der Waals surface area contributed by atoms with Crippen molar-refractivity contribution in [2.24, 2.45) is 5.73 Å². The van der Waals surface area contributed by atoms with Crippen molar-refractivity contribution in [3.8, 4) is 0 Å². The highest BCUT2D eigenvalue weighted by molar-refractivity contribution is 7.17. The zero-order chi connectivity index (χ0) is 14.1. The van der Waals surface area contributed by atoms with E-state index in [1.165, 1.54) is 0 Å². The average molecular weight is 290 g/mol. The second kappa shape index (κ2) is 5.52. The van der Waals surface area contributed by atoms with Crippen molar-refractivity contribution in [1.29, 1.82) is 0 Å². The zero-order valence-electron chi connectivity index (χ0n) is 11.4. The van der Waals surface area contributed by atoms with E-state index in [-0.39, 0.29) is 18.1 Å². The summed E-state index contributed by atoms with van der Waals surface area (Å²) in [4.78, 5) is 14.5. The number of amides is 1. The lowest BCUT2D eigenvalue weighted by Crippen LogP contribution is -2.51. The Bertz CT molecular complexity index is 623. The van der Waals surface area contributed by atoms with Crippen LogP contribution in [-0.2, 0) is 4.74 Å². The molecule has 4 nitrogen and oxygen atoms in total. The number of benzene rings is 1. The molecule has 1 aliphatic heterocycles. The van der Waals surface area contributed by atoms with E-state index in [2.05, 4.69) is 0 Å². The minimum Gasteiger partial charge on any atom is -0.373 e. The molecule has 0 spiro atoms. The lowest BCUT2D eigenvalue weighted by atomic mass is 10.1. The van der Waals surface area contributed by atoms with Crippen LogP contribution in [0.25, 0.3) is 10.1 Å². The molecule has 20 heavy (non-hydrogen) atoms. The van der Waals surface area contributed by atoms with E-state index in [9.17, 15) is 4.79 Å². The number of fused-ring (bicyclic) bond motifs is 1. The number of carbonyl (C=O) groups excluding carboxylic acids is 1. The van der Waals surface area contributed by atoms with Gasteiger partial charge in [-0.25, -0.2) is 0 Å². The van der Waals surface area contributed by atoms with Gasteiger partial charge in [-0.05, 0) is 13.0 Å². The molecule has 0 radical (unpaired) electrons. The Morgan fingerprint density at radius 2 is 2.30 bits per heavy atom. The molecule has 2 unspecified atom stereocenters. The Kier molecular flexibility index (Phi) is 3.74. The molecule has 2 atom stereocenters. The van der Waals surface area contributed by atoms with Gasteiger partial charge in [-0.2, -0.15) is 0 Å². The topological polar surface area (TPSA) is 55.6 Å². The fourth-order valence-electron chi connectivity index (χ4n) is 2.49. The summed E-state index contributed by atoms with van der Waals surface area (Å²) in [7, 11) is 0. The highest BCUT2D eigenvalue weighted by Gasteiger charge is 2.28. The van der Waals surface area contributed by atoms with Gasteiger partial charge >= 0.3 is 0 Å². The number of hydrogen-bond acceptors (Lipinski definition) is 4. The molecule has 106 valence electrons. The van der Waals surface area contributed by atoms with Gasteiger partial charge in [-0.1, -0.05) is 18.2 Å². The van der Waals surface area contributed by atoms with Crippen LogP contribution >= 0.6 is 11.3 Å². The van der Waals surface area contributed by atoms with Crippen molar-refractivity contribution in [3.63, 3.8) is 0 Å². The van der Waals surface area contributed by atoms with Gasteiger partial charge in [-0.15, -0.1) is 11.3 Å². The maximum absolute atomic E-state index is 12.7. The third-order valence-electron chi connectivity index (χ3n) is 3.68. The molecule has 1 aromatic heterocycles. The normalized spacial score (nSPS) is 21.1. The molecule has 3 rings (SSSR count). The Morgan fingerprint density at radius 3 is 3.10 bits per heavy atom. The molecule has 2 heterocycles. The van der Waals surface area contributed by atoms with Crippen molar-refractivity contribution < 1.29 is 9.53 Å². The summed E-state index contributed by atoms with van der Waals surface area (Å²) in [6, 6.07) is 7.94. The standard InChI is InChI=1S/C15H18N2O2S/c1-10(16)13-8-17(6-7-19-13)15(18)12-9-20-14-5-3-2-4-11(12)14/h2-5,9-10,13H,6-8,16H2,1H3. The quantitative estimate of drug-likeness (QED) is 0.921. The van der Waals surface area contributed by atoms with E-state index in [1.54, 1.807) is 11.3 Å². The van der Waals surface area contributed by atoms with Crippen LogP contribution in [0.3, 0.4) is 0 Å². The Labute approximate surface area is 122 Å². The number of morpholine rings is 1. The molecule has 0 saturated carbocycles. The molecule has 1 saturated heterocycles. The first kappa shape index (κ1) is 13.5. The lowest BCUT2D eigenvalue weighted by Gasteiger charge is -2.34. The largest absolute Gasteiger partial charge is 0.373 e. The third-order valence-corrected chi connectivity index (χ3v) is 4.64. The number of nitrogens with two attached hydrogens (primary N) is 1. The van der Waals surface area contributed by atoms with Gasteiger partial charge in [-0.3, -0.25) is 4.79 Å². The fraction of sp³-hybridized carbons (Fsp3) is 0.400. The summed E-state index contributed by atoms with van der Waals surface area (Å²) in [6.45, 7) is 3.67. The van der Waals surface area contributed by atoms with Crippen LogP contribution in [-0.4, -0.2) is 42.6 Å². The van der Waals surface area contributed by atoms with Crippen LogP contribution < -0.4 is 5.73 Å². The van der Waals surface area contributed by atoms with Crippen LogP contribution in [0.15, 0.2) is 29.6 Å². The molecule has 1 aromatic carbocycles. The van der Waals surface area contributed by atoms with Gasteiger partial charge in [0.25, 0.3) is 5.91 Å². The average Bonchev–Trinajstić information content (AvgIpc) is 2.90. The molecule has 1 aliphatic rings. The van der Waals surface area contributed by atoms with Crippen LogP contribution in [0.5, 0.6) is 0 Å². The summed E-state index contributed by atoms with van der Waals surface area (Å²) in [5.74, 6) is 0.0800. The van der Waals surface area contributed by atoms with Gasteiger partial charge in [0.1, 0.15) is 0 Å². The van der Waals surface area contributed by atoms with E-state index in [0.717, 1.165) is 15.6 Å². The molecule has 0 aliphatic carbocycles. The van der Waals surface area contributed by atoms with Gasteiger partial charge in [0, 0.05) is 34.6 Å². The first-order chi connectivity index (χ1) is 9.66. The maximum atomic E-state index is 12.7. The van der Waals surface area contributed by atoms with E-state index < -0.39 is 0 Å². The smallest absolute Gasteiger partial charge is 0.255 e. The Hall–Kier alpha value is -1.43. The number of thiophene rings is 1. The number of rotatable bonds is 2. The highest BCUT2D eigenvalue weighted by Crippen LogP contribution is 2.27. The van der Waals surface area contributed by atoms with Crippen LogP contribution in [0.4, 0.5) is 0 Å². The number of carbonyl (C=O) groups is 1. The van der Waals surface area contributed by atoms with E-state index in [4.69, 9.17) is 10.5 Å². The van der Waals surface area contributed by atoms with E-state index in [1.807, 2.05) is 41.5 Å². The first-order valence-electron chi connectivity index (χ1n) is 6.79. The number of nitrogens with zero attached hydrogens (tertiary/aromatic N) is 1. The van der Waals surface area contributed by atoms with Crippen molar-refractivity contribution in [2.75, 3.05) is 19.7 Å². The predicted octanol–water partition coefficient (Wildman–Crippen LogP) is 2.09. The summed E-state index contributed by atoms with van der Waals surface area (Å²) in [5.41, 5.74) is 6.67. The first-order valence-corrected chi connectivity index (χ1v) is 7.67. The molecule has 1 fully saturated rings. The molecule has 0 bridgehead atoms. The van der Waals surface area contributed by atoms with Crippen molar-refractivity contribution >= 4 is 27.3 Å². The van der Waals surface area contributed by atoms with Crippen molar-refractivity contribution in [1.82, 2.24) is 4.90 Å². The maximum Gasteiger partial charge on any atom is 0.255 e. The molecule has 2 aromatic rings. The van der Waals surface area contributed by atoms with Gasteiger partial charge in [0.2, 0.25) is 0 Å². The summed E-state index contributed by atoms with van der Waals surface area (Å²) < 4.78 is 6.75. The molecular weight excluding hydrogens is 272 g/mol. The Balaban J connectivity index is 1.85. The third kappa shape index (κ3) is 2.44. The van der Waals surface area contributed by atoms with Gasteiger partial charge in [0.05, 0.1) is 18.3 Å². The predicted molar refractivity (Wildman–Crippen MR) is 81.1 cm³/mol. The second-order valence-electron chi connectivity index (χ2n) is 5.17. The minimum atomic E-state index is -0.0717.